The lowest BCUT2D eigenvalue weighted by Crippen LogP contribution is -2.26. The maximum absolute atomic E-state index is 11.5. The van der Waals surface area contributed by atoms with Gasteiger partial charge in [0.15, 0.2) is 0 Å². The topological polar surface area (TPSA) is 57.2 Å². The van der Waals surface area contributed by atoms with Crippen molar-refractivity contribution in [2.24, 2.45) is 0 Å². The Labute approximate surface area is 91.2 Å². The van der Waals surface area contributed by atoms with Gasteiger partial charge in [-0.25, -0.2) is 0 Å². The van der Waals surface area contributed by atoms with Gasteiger partial charge in [0.05, 0.1) is 18.3 Å². The van der Waals surface area contributed by atoms with Gasteiger partial charge in [0.2, 0.25) is 0 Å². The average Bonchev–Trinajstić information content (AvgIpc) is 2.78. The second kappa shape index (κ2) is 5.56. The summed E-state index contributed by atoms with van der Waals surface area (Å²) < 4.78 is 6.86. The standard InChI is InChI=1S/C9H12N2O2.C2H6.H2/c10-8-2-1-4-11(9(8)12)7-3-5-13-6-7;1-2;/h1-2,4,7H,3,5-6,10H2;1-2H3;1H/t7-;;/m1../s1. The summed E-state index contributed by atoms with van der Waals surface area (Å²) in [5.41, 5.74) is 5.70. The number of nitrogens with two attached hydrogens (primary N) is 1. The van der Waals surface area contributed by atoms with Crippen LogP contribution in [0.4, 0.5) is 5.69 Å². The van der Waals surface area contributed by atoms with Crippen LogP contribution in [0.2, 0.25) is 0 Å². The van der Waals surface area contributed by atoms with Crippen molar-refractivity contribution in [2.75, 3.05) is 18.9 Å². The van der Waals surface area contributed by atoms with Crippen LogP contribution in [-0.2, 0) is 4.74 Å². The first-order valence-corrected chi connectivity index (χ1v) is 5.33. The molecule has 0 amide bonds. The highest BCUT2D eigenvalue weighted by molar-refractivity contribution is 5.33. The molecule has 0 saturated carbocycles. The van der Waals surface area contributed by atoms with Crippen molar-refractivity contribution in [2.45, 2.75) is 26.3 Å². The highest BCUT2D eigenvalue weighted by Gasteiger charge is 2.18. The highest BCUT2D eigenvalue weighted by Crippen LogP contribution is 2.16. The van der Waals surface area contributed by atoms with Crippen LogP contribution in [0.3, 0.4) is 0 Å². The summed E-state index contributed by atoms with van der Waals surface area (Å²) in [6.07, 6.45) is 2.65. The summed E-state index contributed by atoms with van der Waals surface area (Å²) in [6.45, 7) is 5.34. The van der Waals surface area contributed by atoms with E-state index >= 15 is 0 Å². The van der Waals surface area contributed by atoms with Crippen molar-refractivity contribution >= 4 is 5.69 Å². The van der Waals surface area contributed by atoms with Gasteiger partial charge in [0.25, 0.3) is 5.56 Å². The van der Waals surface area contributed by atoms with E-state index in [1.807, 2.05) is 13.8 Å². The molecule has 86 valence electrons. The zero-order valence-electron chi connectivity index (χ0n) is 9.27. The zero-order chi connectivity index (χ0) is 11.3. The van der Waals surface area contributed by atoms with Crippen molar-refractivity contribution in [3.05, 3.63) is 28.7 Å². The molecule has 2 N–H and O–H groups in total. The Morgan fingerprint density at radius 1 is 1.60 bits per heavy atom. The maximum Gasteiger partial charge on any atom is 0.273 e. The molecule has 1 aromatic heterocycles. The van der Waals surface area contributed by atoms with Gasteiger partial charge in [-0.1, -0.05) is 13.8 Å². The van der Waals surface area contributed by atoms with Crippen molar-refractivity contribution in [1.29, 1.82) is 0 Å². The third kappa shape index (κ3) is 2.59. The van der Waals surface area contributed by atoms with E-state index in [0.717, 1.165) is 13.0 Å². The highest BCUT2D eigenvalue weighted by atomic mass is 16.5. The Balaban J connectivity index is 0.000000711. The molecule has 1 aliphatic rings. The fourth-order valence-electron chi connectivity index (χ4n) is 1.56. The second-order valence-electron chi connectivity index (χ2n) is 3.19. The Bertz CT molecular complexity index is 359. The molecule has 2 heterocycles. The monoisotopic (exact) mass is 212 g/mol. The van der Waals surface area contributed by atoms with Gasteiger partial charge in [0, 0.05) is 14.2 Å². The molecule has 1 aromatic rings. The number of aromatic nitrogens is 1. The Morgan fingerprint density at radius 3 is 2.93 bits per heavy atom. The van der Waals surface area contributed by atoms with Crippen molar-refractivity contribution < 1.29 is 6.16 Å². The predicted molar refractivity (Wildman–Crippen MR) is 63.0 cm³/mol. The number of rotatable bonds is 1. The third-order valence-corrected chi connectivity index (χ3v) is 2.30. The van der Waals surface area contributed by atoms with Crippen LogP contribution in [0, 0.1) is 0 Å². The minimum atomic E-state index is -0.113. The van der Waals surface area contributed by atoms with Gasteiger partial charge < -0.3 is 15.0 Å². The average molecular weight is 212 g/mol. The van der Waals surface area contributed by atoms with E-state index in [-0.39, 0.29) is 13.0 Å². The van der Waals surface area contributed by atoms with Crippen molar-refractivity contribution in [3.8, 4) is 0 Å². The molecule has 2 rings (SSSR count). The van der Waals surface area contributed by atoms with Crippen LogP contribution < -0.4 is 11.3 Å². The number of hydrogen-bond donors (Lipinski definition) is 1. The van der Waals surface area contributed by atoms with E-state index in [9.17, 15) is 4.79 Å². The maximum atomic E-state index is 11.5. The van der Waals surface area contributed by atoms with Crippen molar-refractivity contribution in [3.63, 3.8) is 0 Å². The predicted octanol–water partition coefficient (Wildman–Crippen LogP) is 1.66. The summed E-state index contributed by atoms with van der Waals surface area (Å²) in [7, 11) is 0. The Hall–Kier alpha value is -1.29. The van der Waals surface area contributed by atoms with E-state index in [0.29, 0.717) is 12.3 Å². The van der Waals surface area contributed by atoms with Gasteiger partial charge in [-0.2, -0.15) is 0 Å². The number of nitrogen functional groups attached to an aromatic ring is 1. The lowest BCUT2D eigenvalue weighted by molar-refractivity contribution is 0.186. The molecule has 1 aliphatic heterocycles. The molecule has 0 spiro atoms. The quantitative estimate of drug-likeness (QED) is 0.770. The first kappa shape index (κ1) is 11.8. The Morgan fingerprint density at radius 2 is 2.33 bits per heavy atom. The van der Waals surface area contributed by atoms with E-state index in [4.69, 9.17) is 10.5 Å². The molecular weight excluding hydrogens is 192 g/mol. The molecule has 4 heteroatoms. The van der Waals surface area contributed by atoms with Crippen LogP contribution in [-0.4, -0.2) is 17.8 Å². The van der Waals surface area contributed by atoms with Crippen LogP contribution in [0.15, 0.2) is 23.1 Å². The SMILES string of the molecule is CC.Nc1cccn([C@@H]2CCOC2)c1=O.[HH]. The number of nitrogens with zero attached hydrogens (tertiary/aromatic N) is 1. The number of hydrogen-bond acceptors (Lipinski definition) is 3. The van der Waals surface area contributed by atoms with Gasteiger partial charge in [-0.3, -0.25) is 4.79 Å². The number of anilines is 1. The largest absolute Gasteiger partial charge is 0.394 e. The molecule has 1 saturated heterocycles. The molecule has 0 bridgehead atoms. The molecule has 1 fully saturated rings. The molecule has 0 aromatic carbocycles. The van der Waals surface area contributed by atoms with E-state index in [1.54, 1.807) is 22.9 Å². The zero-order valence-corrected chi connectivity index (χ0v) is 9.27. The lowest BCUT2D eigenvalue weighted by atomic mass is 10.2. The fourth-order valence-corrected chi connectivity index (χ4v) is 1.56. The fraction of sp³-hybridized carbons (Fsp3) is 0.545. The minimum absolute atomic E-state index is 0. The minimum Gasteiger partial charge on any atom is -0.394 e. The summed E-state index contributed by atoms with van der Waals surface area (Å²) in [5, 5.41) is 0. The van der Waals surface area contributed by atoms with Crippen LogP contribution in [0.5, 0.6) is 0 Å². The van der Waals surface area contributed by atoms with Gasteiger partial charge in [-0.05, 0) is 18.6 Å². The van der Waals surface area contributed by atoms with Crippen molar-refractivity contribution in [1.82, 2.24) is 4.57 Å². The van der Waals surface area contributed by atoms with Gasteiger partial charge >= 0.3 is 0 Å². The summed E-state index contributed by atoms with van der Waals surface area (Å²) in [6, 6.07) is 3.57. The molecular formula is C11H20N2O2. The van der Waals surface area contributed by atoms with E-state index < -0.39 is 0 Å². The summed E-state index contributed by atoms with van der Waals surface area (Å²) in [4.78, 5) is 11.5. The number of pyridine rings is 1. The third-order valence-electron chi connectivity index (χ3n) is 2.30. The second-order valence-corrected chi connectivity index (χ2v) is 3.19. The van der Waals surface area contributed by atoms with E-state index in [2.05, 4.69) is 0 Å². The normalized spacial score (nSPS) is 19.5. The molecule has 15 heavy (non-hydrogen) atoms. The molecule has 0 radical (unpaired) electrons. The molecule has 0 unspecified atom stereocenters. The molecule has 1 atom stereocenters. The van der Waals surface area contributed by atoms with Crippen LogP contribution in [0.25, 0.3) is 0 Å². The smallest absolute Gasteiger partial charge is 0.273 e. The summed E-state index contributed by atoms with van der Waals surface area (Å²) in [5.74, 6) is 0. The van der Waals surface area contributed by atoms with Crippen LogP contribution >= 0.6 is 0 Å². The Kier molecular flexibility index (Phi) is 4.37. The van der Waals surface area contributed by atoms with Crippen LogP contribution in [0.1, 0.15) is 27.7 Å². The van der Waals surface area contributed by atoms with Gasteiger partial charge in [-0.15, -0.1) is 0 Å². The molecule has 4 nitrogen and oxygen atoms in total. The number of ether oxygens (including phenoxy) is 1. The van der Waals surface area contributed by atoms with Gasteiger partial charge in [0.1, 0.15) is 0 Å². The first-order chi connectivity index (χ1) is 7.29. The lowest BCUT2D eigenvalue weighted by Gasteiger charge is -2.11. The first-order valence-electron chi connectivity index (χ1n) is 5.33. The summed E-state index contributed by atoms with van der Waals surface area (Å²) >= 11 is 0. The van der Waals surface area contributed by atoms with E-state index in [1.165, 1.54) is 0 Å². The molecule has 0 aliphatic carbocycles.